The standard InChI is InChI=1S/C19H21FN2O5.C17H23FN2O5S.C16H19FN2O2.C9H9N3O.C2Cl2O2.CH3F.Na.H/c1-19(2,3)27-18(25)22-6-5-21-10-14(16(23)17(24)26-4)13-8-12(20)7-11(9-22)15(13)21;1-17(2,3)25-16(21)20(7-8-24-26(4,22)23)11-13-10-14(18)9-12-5-6-19-15(12)13;1-16(2,3)21-15(20)19-7-6-18-5-4-11-8-13(17)9-12(10-19)14(11)18;10-8(13)5-7-6-11-9-3-1-2-4-12(7)9;3-1(5)2(4)6;1-2;;/h7-8,10H,5-6,9H2,1-4H3;5-6,9-10,19H,7-8,11H2,1-4H3;4-5,8-9H,6-7,10H2,1-3H3;1-4,6H,5H2,(H2,10,13);;1H3;;/q;;;;;;+1;-1/i;;;;;1D;;. The number of fused-ring (bicyclic) bond motifs is 2. The van der Waals surface area contributed by atoms with Crippen LogP contribution < -0.4 is 35.3 Å². The van der Waals surface area contributed by atoms with Crippen molar-refractivity contribution in [2.75, 3.05) is 46.8 Å². The van der Waals surface area contributed by atoms with Gasteiger partial charge in [-0.25, -0.2) is 37.3 Å². The number of aromatic nitrogens is 5. The van der Waals surface area contributed by atoms with Gasteiger partial charge in [0.25, 0.3) is 15.9 Å². The van der Waals surface area contributed by atoms with Gasteiger partial charge in [-0.1, -0.05) is 6.07 Å². The predicted octanol–water partition coefficient (Wildman–Crippen LogP) is 8.02. The van der Waals surface area contributed by atoms with E-state index in [2.05, 4.69) is 42.5 Å². The van der Waals surface area contributed by atoms with E-state index in [1.54, 1.807) is 69.5 Å². The van der Waals surface area contributed by atoms with Crippen LogP contribution in [0.2, 0.25) is 0 Å². The molecule has 2 aliphatic rings. The maximum atomic E-state index is 14.2. The van der Waals surface area contributed by atoms with Crippen LogP contribution in [0, 0.1) is 17.5 Å². The van der Waals surface area contributed by atoms with Crippen LogP contribution in [0.5, 0.6) is 0 Å². The van der Waals surface area contributed by atoms with Gasteiger partial charge >= 0.3 is 64.3 Å². The summed E-state index contributed by atoms with van der Waals surface area (Å²) in [5, 5.41) is -0.410. The van der Waals surface area contributed by atoms with Gasteiger partial charge in [0, 0.05) is 79.9 Å². The van der Waals surface area contributed by atoms with Gasteiger partial charge in [-0.3, -0.25) is 27.8 Å². The molecule has 4 amide bonds. The van der Waals surface area contributed by atoms with E-state index in [1.807, 2.05) is 61.8 Å². The number of nitrogens with one attached hydrogen (secondary N) is 1. The van der Waals surface area contributed by atoms with E-state index in [0.717, 1.165) is 41.2 Å². The van der Waals surface area contributed by atoms with Crippen molar-refractivity contribution in [1.29, 1.82) is 0 Å². The number of carbonyl (C=O) groups is 8. The summed E-state index contributed by atoms with van der Waals surface area (Å²) < 4.78 is 111. The van der Waals surface area contributed by atoms with E-state index in [0.29, 0.717) is 65.7 Å². The van der Waals surface area contributed by atoms with Crippen LogP contribution in [0.4, 0.5) is 31.9 Å². The summed E-state index contributed by atoms with van der Waals surface area (Å²) in [5.41, 5.74) is 9.16. The van der Waals surface area contributed by atoms with Gasteiger partial charge in [-0.05, 0) is 163 Å². The third-order valence-corrected chi connectivity index (χ3v) is 14.2. The van der Waals surface area contributed by atoms with E-state index in [9.17, 15) is 64.3 Å². The molecule has 0 radical (unpaired) electrons. The summed E-state index contributed by atoms with van der Waals surface area (Å²) in [6.45, 7) is 18.2. The Kier molecular flexibility index (Phi) is 28.5. The number of nitrogens with zero attached hydrogens (tertiary/aromatic N) is 7. The Labute approximate surface area is 586 Å². The first-order valence-corrected chi connectivity index (χ1v) is 31.5. The summed E-state index contributed by atoms with van der Waals surface area (Å²) in [7, 11) is -3.51. The number of hydrogen-bond acceptors (Lipinski definition) is 16. The molecule has 3 aromatic carbocycles. The van der Waals surface area contributed by atoms with Crippen molar-refractivity contribution in [3.63, 3.8) is 0 Å². The SMILES string of the molecule is CC(C)(C)OC(=O)N(CCOS(C)(=O)=O)Cc1cc(F)cc2cc[nH]c12.CC(C)(C)OC(=O)N1CCn2ccc3cc(F)cc(c32)C1.COC(=O)C(=O)c1cn2c3c(cc(F)cc13)CN(C(=O)OC(C)(C)C)CC2.NC(=O)Cc1cnc2ccccn12.O=C(Cl)C(=O)Cl.[2H]CF.[H-].[Na+]. The molecule has 0 fully saturated rings. The molecule has 7 heterocycles. The number of H-pyrrole nitrogens is 1. The van der Waals surface area contributed by atoms with Gasteiger partial charge < -0.3 is 59.3 Å². The molecule has 3 N–H and O–H groups in total. The molecule has 0 unspecified atom stereocenters. The second-order valence-electron chi connectivity index (χ2n) is 24.1. The van der Waals surface area contributed by atoms with Crippen molar-refractivity contribution in [3.8, 4) is 0 Å². The van der Waals surface area contributed by atoms with Crippen LogP contribution in [0.15, 0.2) is 97.7 Å². The molecule has 516 valence electrons. The molecule has 32 heteroatoms. The van der Waals surface area contributed by atoms with Gasteiger partial charge in [0.15, 0.2) is 0 Å². The Morgan fingerprint density at radius 1 is 0.740 bits per heavy atom. The Balaban J connectivity index is 0.000000331. The van der Waals surface area contributed by atoms with E-state index in [4.69, 9.17) is 25.5 Å². The number of methoxy groups -OCH3 is 1. The van der Waals surface area contributed by atoms with Crippen molar-refractivity contribution >= 4 is 118 Å². The molecule has 8 aromatic rings. The molecule has 2 aliphatic heterocycles. The fourth-order valence-electron chi connectivity index (χ4n) is 9.56. The summed E-state index contributed by atoms with van der Waals surface area (Å²) in [4.78, 5) is 102. The minimum Gasteiger partial charge on any atom is -1.00 e. The first-order valence-electron chi connectivity index (χ1n) is 29.6. The molecule has 0 saturated heterocycles. The normalized spacial score (nSPS) is 12.7. The number of benzene rings is 3. The maximum Gasteiger partial charge on any atom is 1.00 e. The number of ketones is 1. The smallest absolute Gasteiger partial charge is 1.00 e. The molecule has 24 nitrogen and oxygen atoms in total. The van der Waals surface area contributed by atoms with E-state index in [1.165, 1.54) is 52.4 Å². The zero-order chi connectivity index (χ0) is 71.8. The van der Waals surface area contributed by atoms with Crippen LogP contribution in [0.1, 0.15) is 97.9 Å². The van der Waals surface area contributed by atoms with Gasteiger partial charge in [-0.2, -0.15) is 8.42 Å². The Morgan fingerprint density at radius 3 is 1.82 bits per heavy atom. The second-order valence-corrected chi connectivity index (χ2v) is 26.5. The molecular weight excluding hydrogens is 1340 g/mol. The zero-order valence-electron chi connectivity index (χ0n) is 57.0. The Hall–Kier alpha value is -8.06. The van der Waals surface area contributed by atoms with Gasteiger partial charge in [0.05, 0.1) is 82.4 Å². The topological polar surface area (TPSA) is 296 Å². The minimum atomic E-state index is -3.63. The summed E-state index contributed by atoms with van der Waals surface area (Å²) in [5.74, 6) is -3.44. The van der Waals surface area contributed by atoms with Crippen molar-refractivity contribution in [2.45, 2.75) is 118 Å². The van der Waals surface area contributed by atoms with Crippen LogP contribution >= 0.6 is 23.2 Å². The molecule has 0 aliphatic carbocycles. The Bertz CT molecular complexity index is 4260. The first kappa shape index (κ1) is 78.6. The molecule has 96 heavy (non-hydrogen) atoms. The fourth-order valence-corrected chi connectivity index (χ4v) is 9.94. The molecule has 0 bridgehead atoms. The molecule has 0 spiro atoms. The number of primary amides is 1. The number of pyridine rings is 1. The number of carbonyl (C=O) groups excluding carboxylic acids is 8. The number of halogens is 6. The van der Waals surface area contributed by atoms with Crippen molar-refractivity contribution < 1.29 is 120 Å². The molecule has 10 rings (SSSR count). The summed E-state index contributed by atoms with van der Waals surface area (Å²) in [6, 6.07) is 17.6. The number of imidazole rings is 1. The quantitative estimate of drug-likeness (QED) is 0.0181. The summed E-state index contributed by atoms with van der Waals surface area (Å²) >= 11 is 8.98. The third kappa shape index (κ3) is 23.9. The minimum absolute atomic E-state index is 0. The molecular formula is C64H76Cl2F4N9NaO15S. The number of Topliss-reactive ketones (excluding diaryl/α,β-unsaturated/α-hetero) is 1. The Morgan fingerprint density at radius 2 is 1.28 bits per heavy atom. The number of amides is 4. The molecule has 0 atom stereocenters. The fraction of sp³-hybridized carbons (Fsp3) is 0.391. The first-order chi connectivity index (χ1) is 44.7. The second kappa shape index (κ2) is 34.7. The van der Waals surface area contributed by atoms with E-state index < -0.39 is 80.1 Å². The number of esters is 1. The number of aromatic amines is 1. The number of hydrogen-bond donors (Lipinski definition) is 2. The van der Waals surface area contributed by atoms with Gasteiger partial charge in [0.1, 0.15) is 39.9 Å². The van der Waals surface area contributed by atoms with E-state index >= 15 is 0 Å². The van der Waals surface area contributed by atoms with Crippen LogP contribution in [0.25, 0.3) is 38.4 Å². The zero-order valence-corrected chi connectivity index (χ0v) is 59.4. The number of rotatable bonds is 11. The van der Waals surface area contributed by atoms with E-state index in [-0.39, 0.29) is 87.0 Å². The van der Waals surface area contributed by atoms with Crippen molar-refractivity contribution in [1.82, 2.24) is 38.2 Å². The maximum absolute atomic E-state index is 14.2. The largest absolute Gasteiger partial charge is 1.00 e. The number of alkyl halides is 1. The molecule has 5 aromatic heterocycles. The average molecular weight is 1410 g/mol. The monoisotopic (exact) mass is 1410 g/mol. The predicted molar refractivity (Wildman–Crippen MR) is 347 cm³/mol. The van der Waals surface area contributed by atoms with Crippen LogP contribution in [-0.2, 0) is 91.6 Å². The molecule has 0 saturated carbocycles. The average Bonchev–Trinajstić information content (AvgIpc) is 1.61. The van der Waals surface area contributed by atoms with Crippen molar-refractivity contribution in [2.24, 2.45) is 5.73 Å². The van der Waals surface area contributed by atoms with Crippen LogP contribution in [0.3, 0.4) is 0 Å². The summed E-state index contributed by atoms with van der Waals surface area (Å²) in [6.07, 6.45) is 8.32. The number of ether oxygens (including phenoxy) is 4. The van der Waals surface area contributed by atoms with Crippen LogP contribution in [-0.4, -0.2) is 157 Å². The number of nitrogens with two attached hydrogens (primary N) is 1. The third-order valence-electron chi connectivity index (χ3n) is 13.2. The van der Waals surface area contributed by atoms with Gasteiger partial charge in [0.2, 0.25) is 5.91 Å². The van der Waals surface area contributed by atoms with Crippen molar-refractivity contribution in [3.05, 3.63) is 143 Å². The van der Waals surface area contributed by atoms with Gasteiger partial charge in [-0.15, -0.1) is 0 Å².